The van der Waals surface area contributed by atoms with Gasteiger partial charge in [0.05, 0.1) is 17.8 Å². The topological polar surface area (TPSA) is 63.7 Å². The molecule has 1 aromatic heterocycles. The van der Waals surface area contributed by atoms with Gasteiger partial charge >= 0.3 is 5.97 Å². The minimum Gasteiger partial charge on any atom is -0.462 e. The first-order chi connectivity index (χ1) is 15.2. The van der Waals surface area contributed by atoms with Crippen LogP contribution in [0.15, 0.2) is 54.7 Å². The molecule has 162 valence electrons. The summed E-state index contributed by atoms with van der Waals surface area (Å²) < 4.78 is 11.3. The molecule has 0 radical (unpaired) electrons. The quantitative estimate of drug-likeness (QED) is 0.384. The van der Waals surface area contributed by atoms with Crippen LogP contribution in [-0.4, -0.2) is 48.6 Å². The fourth-order valence-electron chi connectivity index (χ4n) is 3.94. The molecule has 4 rings (SSSR count). The Labute approximate surface area is 183 Å². The molecule has 2 heterocycles. The summed E-state index contributed by atoms with van der Waals surface area (Å²) in [4.78, 5) is 19.6. The van der Waals surface area contributed by atoms with Crippen molar-refractivity contribution < 1.29 is 14.3 Å². The van der Waals surface area contributed by atoms with Crippen LogP contribution in [0, 0.1) is 0 Å². The first kappa shape index (κ1) is 21.1. The lowest BCUT2D eigenvalue weighted by molar-refractivity contribution is 0.0527. The Morgan fingerprint density at radius 1 is 1.10 bits per heavy atom. The summed E-state index contributed by atoms with van der Waals surface area (Å²) in [5.74, 6) is 1.09. The van der Waals surface area contributed by atoms with E-state index in [-0.39, 0.29) is 5.97 Å². The Morgan fingerprint density at radius 3 is 2.68 bits per heavy atom. The van der Waals surface area contributed by atoms with Crippen molar-refractivity contribution in [2.45, 2.75) is 26.2 Å². The third-order valence-corrected chi connectivity index (χ3v) is 5.47. The van der Waals surface area contributed by atoms with Crippen LogP contribution in [0.5, 0.6) is 11.5 Å². The van der Waals surface area contributed by atoms with E-state index in [1.165, 1.54) is 25.9 Å². The molecular formula is C25H29N3O3. The van der Waals surface area contributed by atoms with Gasteiger partial charge in [0, 0.05) is 18.1 Å². The van der Waals surface area contributed by atoms with Gasteiger partial charge < -0.3 is 19.7 Å². The van der Waals surface area contributed by atoms with Gasteiger partial charge in [-0.3, -0.25) is 4.98 Å². The van der Waals surface area contributed by atoms with Crippen LogP contribution in [0.3, 0.4) is 0 Å². The van der Waals surface area contributed by atoms with Crippen molar-refractivity contribution in [3.8, 4) is 11.5 Å². The molecule has 0 spiro atoms. The molecule has 0 amide bonds. The summed E-state index contributed by atoms with van der Waals surface area (Å²) >= 11 is 0. The first-order valence-corrected chi connectivity index (χ1v) is 11.0. The summed E-state index contributed by atoms with van der Waals surface area (Å²) in [5.41, 5.74) is 2.01. The van der Waals surface area contributed by atoms with Crippen LogP contribution in [-0.2, 0) is 4.74 Å². The van der Waals surface area contributed by atoms with Gasteiger partial charge in [-0.15, -0.1) is 0 Å². The predicted molar refractivity (Wildman–Crippen MR) is 123 cm³/mol. The molecule has 1 N–H and O–H groups in total. The third kappa shape index (κ3) is 5.33. The fraction of sp³-hybridized carbons (Fsp3) is 0.360. The number of aromatic nitrogens is 1. The van der Waals surface area contributed by atoms with Gasteiger partial charge in [0.1, 0.15) is 17.1 Å². The summed E-state index contributed by atoms with van der Waals surface area (Å²) in [6.07, 6.45) is 5.19. The smallest absolute Gasteiger partial charge is 0.341 e. The number of rotatable bonds is 9. The molecule has 0 unspecified atom stereocenters. The molecular weight excluding hydrogens is 390 g/mol. The number of likely N-dealkylation sites (tertiary alicyclic amines) is 1. The summed E-state index contributed by atoms with van der Waals surface area (Å²) in [5, 5.41) is 4.33. The standard InChI is InChI=1S/C25H29N3O3/c1-2-30-25(29)22-18-27-23-12-11-20(31-19-9-4-3-5-10-19)17-21(23)24(22)26-13-8-16-28-14-6-7-15-28/h3-5,9-12,17-18H,2,6-8,13-16H2,1H3,(H,26,27). The number of ether oxygens (including phenoxy) is 2. The van der Waals surface area contributed by atoms with E-state index in [1.54, 1.807) is 13.1 Å². The number of nitrogens with one attached hydrogen (secondary N) is 1. The van der Waals surface area contributed by atoms with Gasteiger partial charge in [-0.05, 0) is 76.2 Å². The van der Waals surface area contributed by atoms with Crippen molar-refractivity contribution in [2.24, 2.45) is 0 Å². The second kappa shape index (κ2) is 10.3. The Hall–Kier alpha value is -3.12. The van der Waals surface area contributed by atoms with E-state index in [1.807, 2.05) is 48.5 Å². The normalized spacial score (nSPS) is 14.0. The molecule has 1 aliphatic rings. The molecule has 1 saturated heterocycles. The van der Waals surface area contributed by atoms with Crippen molar-refractivity contribution in [3.05, 3.63) is 60.3 Å². The van der Waals surface area contributed by atoms with E-state index in [0.717, 1.165) is 41.9 Å². The molecule has 3 aromatic rings. The molecule has 31 heavy (non-hydrogen) atoms. The van der Waals surface area contributed by atoms with Crippen LogP contribution in [0.25, 0.3) is 10.9 Å². The van der Waals surface area contributed by atoms with E-state index in [2.05, 4.69) is 15.2 Å². The average Bonchev–Trinajstić information content (AvgIpc) is 3.31. The zero-order valence-electron chi connectivity index (χ0n) is 18.0. The largest absolute Gasteiger partial charge is 0.462 e. The minimum absolute atomic E-state index is 0.322. The zero-order chi connectivity index (χ0) is 21.5. The maximum atomic E-state index is 12.6. The second-order valence-electron chi connectivity index (χ2n) is 7.69. The highest BCUT2D eigenvalue weighted by Gasteiger charge is 2.18. The lowest BCUT2D eigenvalue weighted by Crippen LogP contribution is -2.22. The van der Waals surface area contributed by atoms with Crippen LogP contribution in [0.2, 0.25) is 0 Å². The number of benzene rings is 2. The number of esters is 1. The lowest BCUT2D eigenvalue weighted by atomic mass is 10.1. The Kier molecular flexibility index (Phi) is 6.99. The van der Waals surface area contributed by atoms with Crippen LogP contribution in [0.4, 0.5) is 5.69 Å². The van der Waals surface area contributed by atoms with E-state index in [9.17, 15) is 4.79 Å². The first-order valence-electron chi connectivity index (χ1n) is 11.0. The fourth-order valence-corrected chi connectivity index (χ4v) is 3.94. The Balaban J connectivity index is 1.59. The number of pyridine rings is 1. The van der Waals surface area contributed by atoms with Crippen LogP contribution in [0.1, 0.15) is 36.5 Å². The number of anilines is 1. The van der Waals surface area contributed by atoms with E-state index < -0.39 is 0 Å². The monoisotopic (exact) mass is 419 g/mol. The SMILES string of the molecule is CCOC(=O)c1cnc2ccc(Oc3ccccc3)cc2c1NCCCN1CCCC1. The minimum atomic E-state index is -0.367. The van der Waals surface area contributed by atoms with Gasteiger partial charge in [-0.1, -0.05) is 18.2 Å². The van der Waals surface area contributed by atoms with Crippen molar-refractivity contribution in [1.29, 1.82) is 0 Å². The van der Waals surface area contributed by atoms with Gasteiger partial charge in [-0.2, -0.15) is 0 Å². The highest BCUT2D eigenvalue weighted by molar-refractivity contribution is 6.05. The summed E-state index contributed by atoms with van der Waals surface area (Å²) in [6.45, 7) is 6.33. The number of carbonyl (C=O) groups excluding carboxylic acids is 1. The average molecular weight is 420 g/mol. The van der Waals surface area contributed by atoms with Crippen LogP contribution >= 0.6 is 0 Å². The maximum Gasteiger partial charge on any atom is 0.341 e. The molecule has 0 bridgehead atoms. The molecule has 0 saturated carbocycles. The number of nitrogens with zero attached hydrogens (tertiary/aromatic N) is 2. The molecule has 1 fully saturated rings. The highest BCUT2D eigenvalue weighted by Crippen LogP contribution is 2.31. The van der Waals surface area contributed by atoms with Crippen molar-refractivity contribution in [3.63, 3.8) is 0 Å². The van der Waals surface area contributed by atoms with E-state index >= 15 is 0 Å². The predicted octanol–water partition coefficient (Wildman–Crippen LogP) is 5.10. The number of hydrogen-bond acceptors (Lipinski definition) is 6. The van der Waals surface area contributed by atoms with Gasteiger partial charge in [-0.25, -0.2) is 4.79 Å². The Morgan fingerprint density at radius 2 is 1.90 bits per heavy atom. The van der Waals surface area contributed by atoms with Gasteiger partial charge in [0.25, 0.3) is 0 Å². The number of carbonyl (C=O) groups is 1. The third-order valence-electron chi connectivity index (χ3n) is 5.47. The molecule has 0 atom stereocenters. The van der Waals surface area contributed by atoms with Gasteiger partial charge in [0.2, 0.25) is 0 Å². The van der Waals surface area contributed by atoms with E-state index in [0.29, 0.717) is 17.9 Å². The Bertz CT molecular complexity index is 1020. The van der Waals surface area contributed by atoms with Crippen LogP contribution < -0.4 is 10.1 Å². The summed E-state index contributed by atoms with van der Waals surface area (Å²) in [6, 6.07) is 15.4. The molecule has 2 aromatic carbocycles. The summed E-state index contributed by atoms with van der Waals surface area (Å²) in [7, 11) is 0. The number of fused-ring (bicyclic) bond motifs is 1. The van der Waals surface area contributed by atoms with Gasteiger partial charge in [0.15, 0.2) is 0 Å². The molecule has 0 aliphatic carbocycles. The van der Waals surface area contributed by atoms with Crippen molar-refractivity contribution >= 4 is 22.6 Å². The number of para-hydroxylation sites is 1. The maximum absolute atomic E-state index is 12.6. The number of hydrogen-bond donors (Lipinski definition) is 1. The zero-order valence-corrected chi connectivity index (χ0v) is 18.0. The molecule has 1 aliphatic heterocycles. The highest BCUT2D eigenvalue weighted by atomic mass is 16.5. The van der Waals surface area contributed by atoms with Crippen molar-refractivity contribution in [2.75, 3.05) is 38.1 Å². The lowest BCUT2D eigenvalue weighted by Gasteiger charge is -2.17. The van der Waals surface area contributed by atoms with Crippen molar-refractivity contribution in [1.82, 2.24) is 9.88 Å². The molecule has 6 heteroatoms. The second-order valence-corrected chi connectivity index (χ2v) is 7.69. The van der Waals surface area contributed by atoms with E-state index in [4.69, 9.17) is 9.47 Å². The molecule has 6 nitrogen and oxygen atoms in total.